The van der Waals surface area contributed by atoms with Crippen LogP contribution in [0.2, 0.25) is 0 Å². The summed E-state index contributed by atoms with van der Waals surface area (Å²) in [6.07, 6.45) is 0.808. The molecule has 2 rings (SSSR count). The first kappa shape index (κ1) is 12.9. The highest BCUT2D eigenvalue weighted by Gasteiger charge is 2.06. The van der Waals surface area contributed by atoms with Gasteiger partial charge in [0.1, 0.15) is 18.1 Å². The Morgan fingerprint density at radius 1 is 1.28 bits per heavy atom. The molecule has 0 radical (unpaired) electrons. The van der Waals surface area contributed by atoms with Crippen LogP contribution in [-0.4, -0.2) is 13.7 Å². The van der Waals surface area contributed by atoms with Gasteiger partial charge in [-0.15, -0.1) is 0 Å². The predicted molar refractivity (Wildman–Crippen MR) is 74.4 cm³/mol. The minimum Gasteiger partial charge on any atom is -0.497 e. The van der Waals surface area contributed by atoms with Gasteiger partial charge in [0.15, 0.2) is 0 Å². The number of benzene rings is 1. The van der Waals surface area contributed by atoms with Crippen LogP contribution in [0.3, 0.4) is 0 Å². The predicted octanol–water partition coefficient (Wildman–Crippen LogP) is 2.84. The summed E-state index contributed by atoms with van der Waals surface area (Å²) in [5.41, 5.74) is 7.91. The summed E-state index contributed by atoms with van der Waals surface area (Å²) < 4.78 is 11.1. The zero-order chi connectivity index (χ0) is 12.8. The van der Waals surface area contributed by atoms with Crippen molar-refractivity contribution in [3.8, 4) is 11.5 Å². The van der Waals surface area contributed by atoms with Gasteiger partial charge >= 0.3 is 0 Å². The summed E-state index contributed by atoms with van der Waals surface area (Å²) in [6, 6.07) is 7.92. The van der Waals surface area contributed by atoms with Crippen LogP contribution < -0.4 is 15.2 Å². The Morgan fingerprint density at radius 2 is 2.17 bits per heavy atom. The Bertz CT molecular complexity index is 483. The molecular formula is C14H17NO2S. The summed E-state index contributed by atoms with van der Waals surface area (Å²) in [7, 11) is 1.65. The molecule has 1 aromatic heterocycles. The highest BCUT2D eigenvalue weighted by atomic mass is 32.1. The lowest BCUT2D eigenvalue weighted by Gasteiger charge is -2.12. The highest BCUT2D eigenvalue weighted by Crippen LogP contribution is 2.26. The van der Waals surface area contributed by atoms with Gasteiger partial charge in [-0.1, -0.05) is 6.07 Å². The molecule has 1 aromatic carbocycles. The van der Waals surface area contributed by atoms with Crippen LogP contribution in [0.4, 0.5) is 0 Å². The van der Waals surface area contributed by atoms with E-state index in [9.17, 15) is 0 Å². The number of ether oxygens (including phenoxy) is 2. The van der Waals surface area contributed by atoms with E-state index in [1.54, 1.807) is 18.4 Å². The zero-order valence-corrected chi connectivity index (χ0v) is 11.2. The first-order valence-electron chi connectivity index (χ1n) is 5.84. The third kappa shape index (κ3) is 3.24. The zero-order valence-electron chi connectivity index (χ0n) is 10.4. The second-order valence-electron chi connectivity index (χ2n) is 3.93. The standard InChI is InChI=1S/C14H17NO2S/c1-16-13-3-2-12(4-6-15)14(8-13)17-9-11-5-7-18-10-11/h2-3,5,7-8,10H,4,6,9,15H2,1H3. The summed E-state index contributed by atoms with van der Waals surface area (Å²) in [4.78, 5) is 0. The van der Waals surface area contributed by atoms with Gasteiger partial charge in [-0.25, -0.2) is 0 Å². The SMILES string of the molecule is COc1ccc(CCN)c(OCc2ccsc2)c1. The largest absolute Gasteiger partial charge is 0.497 e. The molecule has 0 atom stereocenters. The van der Waals surface area contributed by atoms with Crippen LogP contribution in [0, 0.1) is 0 Å². The third-order valence-corrected chi connectivity index (χ3v) is 3.39. The van der Waals surface area contributed by atoms with Crippen molar-refractivity contribution in [3.63, 3.8) is 0 Å². The molecule has 0 aliphatic carbocycles. The molecule has 0 aliphatic heterocycles. The number of methoxy groups -OCH3 is 1. The molecule has 0 bridgehead atoms. The van der Waals surface area contributed by atoms with Crippen LogP contribution in [0.1, 0.15) is 11.1 Å². The molecule has 0 fully saturated rings. The monoisotopic (exact) mass is 263 g/mol. The van der Waals surface area contributed by atoms with Gasteiger partial charge in [-0.05, 0) is 47.0 Å². The molecule has 0 saturated heterocycles. The molecule has 3 nitrogen and oxygen atoms in total. The normalized spacial score (nSPS) is 10.3. The van der Waals surface area contributed by atoms with E-state index in [2.05, 4.69) is 11.4 Å². The van der Waals surface area contributed by atoms with Gasteiger partial charge in [0.2, 0.25) is 0 Å². The lowest BCUT2D eigenvalue weighted by atomic mass is 10.1. The second-order valence-corrected chi connectivity index (χ2v) is 4.71. The van der Waals surface area contributed by atoms with Crippen LogP contribution >= 0.6 is 11.3 Å². The number of thiophene rings is 1. The van der Waals surface area contributed by atoms with Crippen LogP contribution in [-0.2, 0) is 13.0 Å². The van der Waals surface area contributed by atoms with E-state index in [1.165, 1.54) is 5.56 Å². The molecule has 0 saturated carbocycles. The fourth-order valence-corrected chi connectivity index (χ4v) is 2.35. The maximum atomic E-state index is 5.85. The Morgan fingerprint density at radius 3 is 2.83 bits per heavy atom. The van der Waals surface area contributed by atoms with Crippen molar-refractivity contribution in [2.24, 2.45) is 5.73 Å². The van der Waals surface area contributed by atoms with Crippen LogP contribution in [0.5, 0.6) is 11.5 Å². The van der Waals surface area contributed by atoms with Gasteiger partial charge in [0.25, 0.3) is 0 Å². The topological polar surface area (TPSA) is 44.5 Å². The number of hydrogen-bond donors (Lipinski definition) is 1. The Balaban J connectivity index is 2.12. The number of rotatable bonds is 6. The van der Waals surface area contributed by atoms with E-state index in [4.69, 9.17) is 15.2 Å². The van der Waals surface area contributed by atoms with Gasteiger partial charge in [0.05, 0.1) is 7.11 Å². The molecule has 0 unspecified atom stereocenters. The lowest BCUT2D eigenvalue weighted by molar-refractivity contribution is 0.301. The van der Waals surface area contributed by atoms with E-state index in [0.717, 1.165) is 23.5 Å². The quantitative estimate of drug-likeness (QED) is 0.871. The van der Waals surface area contributed by atoms with Crippen LogP contribution in [0.25, 0.3) is 0 Å². The van der Waals surface area contributed by atoms with Gasteiger partial charge in [0, 0.05) is 6.07 Å². The summed E-state index contributed by atoms with van der Waals surface area (Å²) >= 11 is 1.67. The minimum atomic E-state index is 0.578. The summed E-state index contributed by atoms with van der Waals surface area (Å²) in [6.45, 7) is 1.19. The molecule has 4 heteroatoms. The van der Waals surface area contributed by atoms with E-state index in [0.29, 0.717) is 13.2 Å². The molecule has 2 aromatic rings. The molecule has 18 heavy (non-hydrogen) atoms. The third-order valence-electron chi connectivity index (χ3n) is 2.66. The van der Waals surface area contributed by atoms with Crippen molar-refractivity contribution >= 4 is 11.3 Å². The van der Waals surface area contributed by atoms with Crippen LogP contribution in [0.15, 0.2) is 35.0 Å². The summed E-state index contributed by atoms with van der Waals surface area (Å²) in [5.74, 6) is 1.65. The Labute approximate surface area is 111 Å². The molecule has 0 aliphatic rings. The highest BCUT2D eigenvalue weighted by molar-refractivity contribution is 7.07. The Kier molecular flexibility index (Phi) is 4.61. The molecule has 0 amide bonds. The molecule has 0 spiro atoms. The second kappa shape index (κ2) is 6.42. The minimum absolute atomic E-state index is 0.578. The van der Waals surface area contributed by atoms with E-state index in [1.807, 2.05) is 23.6 Å². The summed E-state index contributed by atoms with van der Waals surface area (Å²) in [5, 5.41) is 4.13. The smallest absolute Gasteiger partial charge is 0.126 e. The Hall–Kier alpha value is -1.52. The van der Waals surface area contributed by atoms with Crippen molar-refractivity contribution in [2.45, 2.75) is 13.0 Å². The molecule has 2 N–H and O–H groups in total. The fraction of sp³-hybridized carbons (Fsp3) is 0.286. The molecule has 1 heterocycles. The average Bonchev–Trinajstić information content (AvgIpc) is 2.91. The van der Waals surface area contributed by atoms with E-state index >= 15 is 0 Å². The maximum Gasteiger partial charge on any atom is 0.126 e. The number of hydrogen-bond acceptors (Lipinski definition) is 4. The first-order chi connectivity index (χ1) is 8.83. The lowest BCUT2D eigenvalue weighted by Crippen LogP contribution is -2.05. The average molecular weight is 263 g/mol. The van der Waals surface area contributed by atoms with Gasteiger partial charge in [-0.3, -0.25) is 0 Å². The van der Waals surface area contributed by atoms with Crippen molar-refractivity contribution in [1.82, 2.24) is 0 Å². The van der Waals surface area contributed by atoms with E-state index in [-0.39, 0.29) is 0 Å². The van der Waals surface area contributed by atoms with Crippen molar-refractivity contribution in [2.75, 3.05) is 13.7 Å². The fourth-order valence-electron chi connectivity index (χ4n) is 1.69. The van der Waals surface area contributed by atoms with Gasteiger partial charge in [-0.2, -0.15) is 11.3 Å². The molecule has 96 valence electrons. The van der Waals surface area contributed by atoms with Gasteiger partial charge < -0.3 is 15.2 Å². The van der Waals surface area contributed by atoms with Crippen molar-refractivity contribution < 1.29 is 9.47 Å². The number of nitrogens with two attached hydrogens (primary N) is 1. The molecular weight excluding hydrogens is 246 g/mol. The van der Waals surface area contributed by atoms with E-state index < -0.39 is 0 Å². The maximum absolute atomic E-state index is 5.85. The first-order valence-corrected chi connectivity index (χ1v) is 6.78. The van der Waals surface area contributed by atoms with Crippen molar-refractivity contribution in [3.05, 3.63) is 46.2 Å². The van der Waals surface area contributed by atoms with Crippen molar-refractivity contribution in [1.29, 1.82) is 0 Å².